The van der Waals surface area contributed by atoms with Gasteiger partial charge in [-0.3, -0.25) is 0 Å². The fourth-order valence-corrected chi connectivity index (χ4v) is 3.75. The monoisotopic (exact) mass is 253 g/mol. The number of benzene rings is 1. The van der Waals surface area contributed by atoms with Gasteiger partial charge in [-0.2, -0.15) is 0 Å². The smallest absolute Gasteiger partial charge is 0.0456 e. The first-order valence-corrected chi connectivity index (χ1v) is 6.32. The molecule has 0 aromatic heterocycles. The van der Waals surface area contributed by atoms with Gasteiger partial charge in [-0.25, -0.2) is 0 Å². The molecule has 0 spiro atoms. The molecule has 0 radical (unpaired) electrons. The summed E-state index contributed by atoms with van der Waals surface area (Å²) in [6.07, 6.45) is 5.64. The molecule has 1 nitrogen and oxygen atoms in total. The van der Waals surface area contributed by atoms with Crippen LogP contribution < -0.4 is 5.73 Å². The molecule has 3 rings (SSSR count). The van der Waals surface area contributed by atoms with Gasteiger partial charge in [0.1, 0.15) is 0 Å². The number of hydrogen-bond donors (Lipinski definition) is 1. The van der Waals surface area contributed by atoms with Crippen LogP contribution in [0.4, 0.5) is 0 Å². The molecule has 2 N–H and O–H groups in total. The molecule has 0 saturated heterocycles. The molecule has 2 bridgehead atoms. The van der Waals surface area contributed by atoms with Crippen LogP contribution in [-0.4, -0.2) is 6.04 Å². The standard InChI is InChI=1S/C13H13Cl2N/c14-9-2-1-3-10(15)12(9)11-7-4-5-8(6-7)13(11)16/h1-5,7-8,11,13H,6,16H2. The average Bonchev–Trinajstić information content (AvgIpc) is 2.81. The van der Waals surface area contributed by atoms with Crippen molar-refractivity contribution in [2.75, 3.05) is 0 Å². The van der Waals surface area contributed by atoms with Crippen LogP contribution in [-0.2, 0) is 0 Å². The lowest BCUT2D eigenvalue weighted by atomic mass is 9.83. The summed E-state index contributed by atoms with van der Waals surface area (Å²) in [6.45, 7) is 0. The highest BCUT2D eigenvalue weighted by Gasteiger charge is 2.44. The Morgan fingerprint density at radius 1 is 1.06 bits per heavy atom. The number of rotatable bonds is 1. The van der Waals surface area contributed by atoms with Gasteiger partial charge in [0.05, 0.1) is 0 Å². The SMILES string of the molecule is NC1C2C=CC(C2)C1c1c(Cl)cccc1Cl. The summed E-state index contributed by atoms with van der Waals surface area (Å²) in [5.74, 6) is 1.30. The molecule has 0 amide bonds. The van der Waals surface area contributed by atoms with Crippen LogP contribution in [0.1, 0.15) is 17.9 Å². The molecule has 0 heterocycles. The number of hydrogen-bond acceptors (Lipinski definition) is 1. The van der Waals surface area contributed by atoms with Crippen LogP contribution >= 0.6 is 23.2 Å². The zero-order valence-electron chi connectivity index (χ0n) is 8.74. The highest BCUT2D eigenvalue weighted by Crippen LogP contribution is 2.51. The Balaban J connectivity index is 2.08. The number of fused-ring (bicyclic) bond motifs is 2. The summed E-state index contributed by atoms with van der Waals surface area (Å²) in [4.78, 5) is 0. The van der Waals surface area contributed by atoms with Crippen molar-refractivity contribution in [3.8, 4) is 0 Å². The van der Waals surface area contributed by atoms with Gasteiger partial charge < -0.3 is 5.73 Å². The zero-order chi connectivity index (χ0) is 11.3. The Hall–Kier alpha value is -0.500. The van der Waals surface area contributed by atoms with Crippen molar-refractivity contribution in [3.63, 3.8) is 0 Å². The minimum Gasteiger partial charge on any atom is -0.327 e. The van der Waals surface area contributed by atoms with Crippen LogP contribution in [0.5, 0.6) is 0 Å². The van der Waals surface area contributed by atoms with Gasteiger partial charge in [0.2, 0.25) is 0 Å². The Morgan fingerprint density at radius 3 is 2.25 bits per heavy atom. The Labute approximate surface area is 105 Å². The molecule has 3 heteroatoms. The largest absolute Gasteiger partial charge is 0.327 e. The number of nitrogens with two attached hydrogens (primary N) is 1. The van der Waals surface area contributed by atoms with E-state index in [-0.39, 0.29) is 12.0 Å². The summed E-state index contributed by atoms with van der Waals surface area (Å²) in [6, 6.07) is 5.83. The first-order chi connectivity index (χ1) is 7.68. The van der Waals surface area contributed by atoms with E-state index in [4.69, 9.17) is 28.9 Å². The molecular formula is C13H13Cl2N. The van der Waals surface area contributed by atoms with Crippen molar-refractivity contribution in [3.05, 3.63) is 46.0 Å². The van der Waals surface area contributed by atoms with E-state index in [1.807, 2.05) is 18.2 Å². The summed E-state index contributed by atoms with van der Waals surface area (Å²) in [7, 11) is 0. The number of allylic oxidation sites excluding steroid dienone is 1. The van der Waals surface area contributed by atoms with Gasteiger partial charge in [0.15, 0.2) is 0 Å². The predicted octanol–water partition coefficient (Wildman–Crippen LogP) is 3.61. The van der Waals surface area contributed by atoms with E-state index in [1.165, 1.54) is 0 Å². The highest BCUT2D eigenvalue weighted by atomic mass is 35.5. The summed E-state index contributed by atoms with van der Waals surface area (Å²) in [5, 5.41) is 1.49. The topological polar surface area (TPSA) is 26.0 Å². The molecule has 4 atom stereocenters. The van der Waals surface area contributed by atoms with Crippen molar-refractivity contribution in [1.29, 1.82) is 0 Å². The lowest BCUT2D eigenvalue weighted by Gasteiger charge is -2.26. The second kappa shape index (κ2) is 3.76. The van der Waals surface area contributed by atoms with E-state index in [9.17, 15) is 0 Å². The summed E-state index contributed by atoms with van der Waals surface area (Å²) >= 11 is 12.5. The van der Waals surface area contributed by atoms with Gasteiger partial charge in [0, 0.05) is 22.0 Å². The lowest BCUT2D eigenvalue weighted by Crippen LogP contribution is -2.32. The van der Waals surface area contributed by atoms with Crippen molar-refractivity contribution in [2.45, 2.75) is 18.4 Å². The van der Waals surface area contributed by atoms with Gasteiger partial charge in [-0.15, -0.1) is 0 Å². The first kappa shape index (κ1) is 10.6. The molecule has 16 heavy (non-hydrogen) atoms. The molecule has 84 valence electrons. The maximum absolute atomic E-state index is 6.27. The van der Waals surface area contributed by atoms with Crippen molar-refractivity contribution >= 4 is 23.2 Å². The van der Waals surface area contributed by atoms with Gasteiger partial charge in [0.25, 0.3) is 0 Å². The van der Waals surface area contributed by atoms with Gasteiger partial charge >= 0.3 is 0 Å². The maximum atomic E-state index is 6.27. The minimum absolute atomic E-state index is 0.160. The quantitative estimate of drug-likeness (QED) is 0.761. The normalized spacial score (nSPS) is 35.9. The predicted molar refractivity (Wildman–Crippen MR) is 67.9 cm³/mol. The second-order valence-electron chi connectivity index (χ2n) is 4.69. The third-order valence-corrected chi connectivity index (χ3v) is 4.51. The molecule has 1 fully saturated rings. The molecule has 2 aliphatic carbocycles. The third kappa shape index (κ3) is 1.42. The van der Waals surface area contributed by atoms with E-state index in [0.717, 1.165) is 22.0 Å². The van der Waals surface area contributed by atoms with E-state index in [1.54, 1.807) is 0 Å². The third-order valence-electron chi connectivity index (χ3n) is 3.85. The van der Waals surface area contributed by atoms with E-state index in [0.29, 0.717) is 11.8 Å². The second-order valence-corrected chi connectivity index (χ2v) is 5.50. The number of halogens is 2. The Morgan fingerprint density at radius 2 is 1.69 bits per heavy atom. The van der Waals surface area contributed by atoms with Crippen molar-refractivity contribution in [1.82, 2.24) is 0 Å². The maximum Gasteiger partial charge on any atom is 0.0456 e. The van der Waals surface area contributed by atoms with E-state index in [2.05, 4.69) is 12.2 Å². The first-order valence-electron chi connectivity index (χ1n) is 5.56. The molecule has 0 aliphatic heterocycles. The van der Waals surface area contributed by atoms with Crippen molar-refractivity contribution in [2.24, 2.45) is 17.6 Å². The lowest BCUT2D eigenvalue weighted by molar-refractivity contribution is 0.504. The summed E-state index contributed by atoms with van der Waals surface area (Å²) in [5.41, 5.74) is 7.30. The Kier molecular flexibility index (Phi) is 2.50. The van der Waals surface area contributed by atoms with E-state index < -0.39 is 0 Å². The van der Waals surface area contributed by atoms with Crippen LogP contribution in [0, 0.1) is 11.8 Å². The average molecular weight is 254 g/mol. The van der Waals surface area contributed by atoms with Gasteiger partial charge in [-0.05, 0) is 36.0 Å². The fourth-order valence-electron chi connectivity index (χ4n) is 3.10. The van der Waals surface area contributed by atoms with Gasteiger partial charge in [-0.1, -0.05) is 41.4 Å². The molecule has 1 aromatic carbocycles. The molecule has 4 unspecified atom stereocenters. The molecular weight excluding hydrogens is 241 g/mol. The minimum atomic E-state index is 0.160. The van der Waals surface area contributed by atoms with Crippen LogP contribution in [0.15, 0.2) is 30.4 Å². The zero-order valence-corrected chi connectivity index (χ0v) is 10.2. The molecule has 2 aliphatic rings. The highest BCUT2D eigenvalue weighted by molar-refractivity contribution is 6.36. The summed E-state index contributed by atoms with van der Waals surface area (Å²) < 4.78 is 0. The van der Waals surface area contributed by atoms with Crippen LogP contribution in [0.2, 0.25) is 10.0 Å². The van der Waals surface area contributed by atoms with Crippen LogP contribution in [0.3, 0.4) is 0 Å². The van der Waals surface area contributed by atoms with Crippen molar-refractivity contribution < 1.29 is 0 Å². The Bertz CT molecular complexity index is 435. The van der Waals surface area contributed by atoms with Crippen LogP contribution in [0.25, 0.3) is 0 Å². The molecule has 1 aromatic rings. The van der Waals surface area contributed by atoms with E-state index >= 15 is 0 Å². The molecule has 1 saturated carbocycles. The fraction of sp³-hybridized carbons (Fsp3) is 0.385.